The average Bonchev–Trinajstić information content (AvgIpc) is 2.54. The summed E-state index contributed by atoms with van der Waals surface area (Å²) < 4.78 is 15.4. The molecule has 0 saturated heterocycles. The maximum Gasteiger partial charge on any atom is 0.173 e. The number of rotatable bonds is 3. The highest BCUT2D eigenvalue weighted by Gasteiger charge is 2.32. The minimum Gasteiger partial charge on any atom is -0.327 e. The van der Waals surface area contributed by atoms with Crippen LogP contribution < -0.4 is 5.73 Å². The van der Waals surface area contributed by atoms with Crippen LogP contribution in [0.2, 0.25) is 0 Å². The molecule has 1 heterocycles. The van der Waals surface area contributed by atoms with Crippen molar-refractivity contribution < 1.29 is 4.39 Å². The number of aryl methyl sites for hydroxylation is 1. The van der Waals surface area contributed by atoms with Crippen LogP contribution >= 0.6 is 0 Å². The van der Waals surface area contributed by atoms with Crippen LogP contribution in [0.15, 0.2) is 60.7 Å². The molecule has 3 aromatic rings. The highest BCUT2D eigenvalue weighted by Crippen LogP contribution is 2.34. The van der Waals surface area contributed by atoms with Gasteiger partial charge in [0.1, 0.15) is 0 Å². The van der Waals surface area contributed by atoms with Gasteiger partial charge in [-0.15, -0.1) is 0 Å². The number of fused-ring (bicyclic) bond motifs is 1. The largest absolute Gasteiger partial charge is 0.327 e. The van der Waals surface area contributed by atoms with E-state index in [1.54, 1.807) is 18.2 Å². The molecule has 0 amide bonds. The van der Waals surface area contributed by atoms with Crippen molar-refractivity contribution in [3.8, 4) is 0 Å². The Balaban J connectivity index is 2.15. The van der Waals surface area contributed by atoms with Crippen molar-refractivity contribution in [1.29, 1.82) is 0 Å². The molecule has 2 aromatic carbocycles. The molecule has 1 aromatic heterocycles. The summed E-state index contributed by atoms with van der Waals surface area (Å²) in [5.41, 5.74) is 7.02. The summed E-state index contributed by atoms with van der Waals surface area (Å²) >= 11 is 0. The van der Waals surface area contributed by atoms with Gasteiger partial charge in [-0.25, -0.2) is 4.39 Å². The first-order valence-corrected chi connectivity index (χ1v) is 6.96. The first kappa shape index (κ1) is 13.7. The zero-order valence-electron chi connectivity index (χ0n) is 11.9. The summed E-state index contributed by atoms with van der Waals surface area (Å²) in [5, 5.41) is 0.921. The molecular weight excluding hydrogens is 263 g/mol. The molecular formula is C18H17FN2. The van der Waals surface area contributed by atoms with Crippen LogP contribution in [0, 0.1) is 6.92 Å². The van der Waals surface area contributed by atoms with Crippen molar-refractivity contribution in [3.05, 3.63) is 77.5 Å². The van der Waals surface area contributed by atoms with Gasteiger partial charge < -0.3 is 5.73 Å². The van der Waals surface area contributed by atoms with Crippen molar-refractivity contribution in [3.63, 3.8) is 0 Å². The Hall–Kier alpha value is -2.26. The summed E-state index contributed by atoms with van der Waals surface area (Å²) in [6.45, 7) is 1.85. The lowest BCUT2D eigenvalue weighted by Crippen LogP contribution is -2.31. The molecule has 0 aliphatic rings. The van der Waals surface area contributed by atoms with Gasteiger partial charge in [-0.1, -0.05) is 42.5 Å². The van der Waals surface area contributed by atoms with E-state index in [-0.39, 0.29) is 6.54 Å². The number of hydrogen-bond acceptors (Lipinski definition) is 2. The van der Waals surface area contributed by atoms with Gasteiger partial charge in [0, 0.05) is 17.6 Å². The van der Waals surface area contributed by atoms with E-state index >= 15 is 4.39 Å². The second-order valence-electron chi connectivity index (χ2n) is 5.23. The third-order valence-corrected chi connectivity index (χ3v) is 3.80. The maximum atomic E-state index is 15.4. The molecule has 0 aliphatic carbocycles. The quantitative estimate of drug-likeness (QED) is 0.794. The van der Waals surface area contributed by atoms with Gasteiger partial charge in [0.25, 0.3) is 0 Å². The monoisotopic (exact) mass is 280 g/mol. The minimum absolute atomic E-state index is 0.0954. The fraction of sp³-hybridized carbons (Fsp3) is 0.167. The zero-order chi connectivity index (χ0) is 14.9. The second-order valence-corrected chi connectivity index (χ2v) is 5.23. The van der Waals surface area contributed by atoms with Gasteiger partial charge in [0.05, 0.1) is 5.52 Å². The maximum absolute atomic E-state index is 15.4. The van der Waals surface area contributed by atoms with Crippen LogP contribution in [-0.2, 0) is 5.67 Å². The summed E-state index contributed by atoms with van der Waals surface area (Å²) in [5.74, 6) is 0. The van der Waals surface area contributed by atoms with E-state index in [4.69, 9.17) is 5.73 Å². The second kappa shape index (κ2) is 5.26. The predicted molar refractivity (Wildman–Crippen MR) is 83.9 cm³/mol. The fourth-order valence-electron chi connectivity index (χ4n) is 2.58. The normalized spacial score (nSPS) is 14.0. The van der Waals surface area contributed by atoms with E-state index in [2.05, 4.69) is 4.98 Å². The molecule has 0 aliphatic heterocycles. The third kappa shape index (κ3) is 2.41. The van der Waals surface area contributed by atoms with Crippen LogP contribution in [-0.4, -0.2) is 11.5 Å². The Bertz CT molecular complexity index is 771. The van der Waals surface area contributed by atoms with Gasteiger partial charge in [-0.3, -0.25) is 4.98 Å². The average molecular weight is 280 g/mol. The number of benzene rings is 2. The van der Waals surface area contributed by atoms with E-state index in [9.17, 15) is 0 Å². The van der Waals surface area contributed by atoms with Gasteiger partial charge >= 0.3 is 0 Å². The van der Waals surface area contributed by atoms with E-state index in [0.29, 0.717) is 11.1 Å². The number of pyridine rings is 1. The summed E-state index contributed by atoms with van der Waals surface area (Å²) in [6, 6.07) is 18.4. The number of nitrogens with two attached hydrogens (primary N) is 1. The van der Waals surface area contributed by atoms with E-state index in [0.717, 1.165) is 16.6 Å². The molecule has 0 saturated carbocycles. The Morgan fingerprint density at radius 2 is 1.76 bits per heavy atom. The summed E-state index contributed by atoms with van der Waals surface area (Å²) in [4.78, 5) is 4.44. The molecule has 2 N–H and O–H groups in total. The SMILES string of the molecule is Cc1ccc2cc(C(F)(CN)c3ccccc3)ccc2n1. The molecule has 3 heteroatoms. The number of alkyl halides is 1. The van der Waals surface area contributed by atoms with E-state index < -0.39 is 5.67 Å². The smallest absolute Gasteiger partial charge is 0.173 e. The third-order valence-electron chi connectivity index (χ3n) is 3.80. The van der Waals surface area contributed by atoms with Crippen molar-refractivity contribution in [1.82, 2.24) is 4.98 Å². The molecule has 1 unspecified atom stereocenters. The van der Waals surface area contributed by atoms with Gasteiger partial charge in [-0.05, 0) is 36.2 Å². The van der Waals surface area contributed by atoms with Crippen molar-refractivity contribution >= 4 is 10.9 Å². The topological polar surface area (TPSA) is 38.9 Å². The first-order chi connectivity index (χ1) is 10.1. The van der Waals surface area contributed by atoms with Gasteiger partial charge in [0.2, 0.25) is 0 Å². The van der Waals surface area contributed by atoms with Crippen LogP contribution in [0.5, 0.6) is 0 Å². The van der Waals surface area contributed by atoms with Crippen LogP contribution in [0.1, 0.15) is 16.8 Å². The summed E-state index contributed by atoms with van der Waals surface area (Å²) in [7, 11) is 0. The van der Waals surface area contributed by atoms with Gasteiger partial charge in [0.15, 0.2) is 5.67 Å². The molecule has 0 bridgehead atoms. The Kier molecular flexibility index (Phi) is 3.43. The standard InChI is InChI=1S/C18H17FN2/c1-13-7-8-14-11-16(9-10-17(14)21-13)18(19,12-20)15-5-3-2-4-6-15/h2-11H,12,20H2,1H3. The molecule has 0 spiro atoms. The van der Waals surface area contributed by atoms with Crippen LogP contribution in [0.4, 0.5) is 4.39 Å². The van der Waals surface area contributed by atoms with Gasteiger partial charge in [-0.2, -0.15) is 0 Å². The summed E-state index contributed by atoms with van der Waals surface area (Å²) in [6.07, 6.45) is 0. The Morgan fingerprint density at radius 1 is 1.00 bits per heavy atom. The highest BCUT2D eigenvalue weighted by atomic mass is 19.1. The zero-order valence-corrected chi connectivity index (χ0v) is 11.9. The van der Waals surface area contributed by atoms with Crippen molar-refractivity contribution in [2.45, 2.75) is 12.6 Å². The fourth-order valence-corrected chi connectivity index (χ4v) is 2.58. The van der Waals surface area contributed by atoms with Crippen molar-refractivity contribution in [2.75, 3.05) is 6.54 Å². The lowest BCUT2D eigenvalue weighted by Gasteiger charge is -2.25. The minimum atomic E-state index is -1.68. The highest BCUT2D eigenvalue weighted by molar-refractivity contribution is 5.79. The number of halogens is 1. The Morgan fingerprint density at radius 3 is 2.48 bits per heavy atom. The molecule has 3 rings (SSSR count). The molecule has 2 nitrogen and oxygen atoms in total. The Labute approximate surface area is 123 Å². The van der Waals surface area contributed by atoms with E-state index in [1.807, 2.05) is 49.4 Å². The van der Waals surface area contributed by atoms with Crippen LogP contribution in [0.3, 0.4) is 0 Å². The molecule has 0 fully saturated rings. The van der Waals surface area contributed by atoms with Crippen molar-refractivity contribution in [2.24, 2.45) is 5.73 Å². The number of aromatic nitrogens is 1. The predicted octanol–water partition coefficient (Wildman–Crippen LogP) is 3.72. The molecule has 21 heavy (non-hydrogen) atoms. The molecule has 106 valence electrons. The first-order valence-electron chi connectivity index (χ1n) is 6.96. The molecule has 0 radical (unpaired) electrons. The molecule has 1 atom stereocenters. The van der Waals surface area contributed by atoms with Crippen LogP contribution in [0.25, 0.3) is 10.9 Å². The number of hydrogen-bond donors (Lipinski definition) is 1. The number of nitrogens with zero attached hydrogens (tertiary/aromatic N) is 1. The lowest BCUT2D eigenvalue weighted by atomic mass is 9.87. The lowest BCUT2D eigenvalue weighted by molar-refractivity contribution is 0.233. The van der Waals surface area contributed by atoms with E-state index in [1.165, 1.54) is 0 Å².